The van der Waals surface area contributed by atoms with E-state index in [4.69, 9.17) is 0 Å². The van der Waals surface area contributed by atoms with Gasteiger partial charge in [-0.15, -0.1) is 11.3 Å². The molecule has 100 valence electrons. The lowest BCUT2D eigenvalue weighted by molar-refractivity contribution is -0.137. The molecule has 0 N–H and O–H groups in total. The van der Waals surface area contributed by atoms with Crippen LogP contribution in [0.4, 0.5) is 13.2 Å². The first-order chi connectivity index (χ1) is 8.88. The fourth-order valence-corrected chi connectivity index (χ4v) is 2.44. The number of hydrogen-bond acceptors (Lipinski definition) is 3. The summed E-state index contributed by atoms with van der Waals surface area (Å²) in [6, 6.07) is 4.83. The second-order valence-corrected chi connectivity index (χ2v) is 4.92. The van der Waals surface area contributed by atoms with E-state index in [9.17, 15) is 18.0 Å². The molecule has 0 radical (unpaired) electrons. The molecule has 0 saturated carbocycles. The Kier molecular flexibility index (Phi) is 3.71. The lowest BCUT2D eigenvalue weighted by atomic mass is 10.0. The number of carbonyl (C=O) groups excluding carboxylic acids is 1. The molecule has 6 heteroatoms. The molecule has 1 aromatic heterocycles. The molecule has 0 aliphatic heterocycles. The molecule has 1 aromatic carbocycles. The molecular formula is C13H10F3NOS. The summed E-state index contributed by atoms with van der Waals surface area (Å²) in [5.41, 5.74) is 1.78. The van der Waals surface area contributed by atoms with E-state index in [0.29, 0.717) is 16.1 Å². The van der Waals surface area contributed by atoms with Crippen molar-refractivity contribution in [1.29, 1.82) is 0 Å². The molecule has 0 amide bonds. The van der Waals surface area contributed by atoms with Gasteiger partial charge in [0.1, 0.15) is 0 Å². The van der Waals surface area contributed by atoms with Gasteiger partial charge in [0.25, 0.3) is 0 Å². The summed E-state index contributed by atoms with van der Waals surface area (Å²) >= 11 is 1.20. The fourth-order valence-electron chi connectivity index (χ4n) is 1.69. The Morgan fingerprint density at radius 3 is 2.68 bits per heavy atom. The van der Waals surface area contributed by atoms with Gasteiger partial charge in [0.15, 0.2) is 5.78 Å². The predicted molar refractivity (Wildman–Crippen MR) is 66.3 cm³/mol. The van der Waals surface area contributed by atoms with Crippen molar-refractivity contribution < 1.29 is 18.0 Å². The SMILES string of the molecule is Cc1ncsc1C(=O)Cc1cccc(C(F)(F)F)c1. The summed E-state index contributed by atoms with van der Waals surface area (Å²) in [6.45, 7) is 1.70. The minimum Gasteiger partial charge on any atom is -0.293 e. The van der Waals surface area contributed by atoms with E-state index in [0.717, 1.165) is 12.1 Å². The van der Waals surface area contributed by atoms with E-state index in [1.54, 1.807) is 12.4 Å². The lowest BCUT2D eigenvalue weighted by Crippen LogP contribution is -2.07. The smallest absolute Gasteiger partial charge is 0.293 e. The highest BCUT2D eigenvalue weighted by atomic mass is 32.1. The Labute approximate surface area is 111 Å². The molecular weight excluding hydrogens is 275 g/mol. The second-order valence-electron chi connectivity index (χ2n) is 4.06. The third kappa shape index (κ3) is 3.20. The van der Waals surface area contributed by atoms with Gasteiger partial charge < -0.3 is 0 Å². The third-order valence-corrected chi connectivity index (χ3v) is 3.59. The first-order valence-electron chi connectivity index (χ1n) is 5.47. The van der Waals surface area contributed by atoms with E-state index in [1.807, 2.05) is 0 Å². The van der Waals surface area contributed by atoms with E-state index < -0.39 is 11.7 Å². The predicted octanol–water partition coefficient (Wildman–Crippen LogP) is 3.90. The molecule has 0 saturated heterocycles. The Morgan fingerprint density at radius 2 is 2.11 bits per heavy atom. The van der Waals surface area contributed by atoms with Crippen molar-refractivity contribution in [2.45, 2.75) is 19.5 Å². The Balaban J connectivity index is 2.21. The number of aryl methyl sites for hydroxylation is 1. The highest BCUT2D eigenvalue weighted by molar-refractivity contribution is 7.11. The molecule has 0 aliphatic rings. The largest absolute Gasteiger partial charge is 0.416 e. The number of carbonyl (C=O) groups is 1. The third-order valence-electron chi connectivity index (χ3n) is 2.62. The van der Waals surface area contributed by atoms with Crippen LogP contribution in [0.25, 0.3) is 0 Å². The van der Waals surface area contributed by atoms with Gasteiger partial charge in [-0.3, -0.25) is 4.79 Å². The zero-order valence-electron chi connectivity index (χ0n) is 9.99. The molecule has 0 unspecified atom stereocenters. The van der Waals surface area contributed by atoms with Gasteiger partial charge in [0, 0.05) is 6.42 Å². The van der Waals surface area contributed by atoms with E-state index in [1.165, 1.54) is 23.5 Å². The number of hydrogen-bond donors (Lipinski definition) is 0. The Morgan fingerprint density at radius 1 is 1.37 bits per heavy atom. The first kappa shape index (κ1) is 13.7. The van der Waals surface area contributed by atoms with Crippen LogP contribution in [0.2, 0.25) is 0 Å². The molecule has 2 nitrogen and oxygen atoms in total. The van der Waals surface area contributed by atoms with Crippen LogP contribution in [-0.2, 0) is 12.6 Å². The van der Waals surface area contributed by atoms with Gasteiger partial charge in [0.2, 0.25) is 0 Å². The number of alkyl halides is 3. The molecule has 1 heterocycles. The fraction of sp³-hybridized carbons (Fsp3) is 0.231. The standard InChI is InChI=1S/C13H10F3NOS/c1-8-12(19-7-17-8)11(18)6-9-3-2-4-10(5-9)13(14,15)16/h2-5,7H,6H2,1H3. The average molecular weight is 285 g/mol. The van der Waals surface area contributed by atoms with Gasteiger partial charge >= 0.3 is 6.18 Å². The number of halogens is 3. The summed E-state index contributed by atoms with van der Waals surface area (Å²) in [5.74, 6) is -0.209. The highest BCUT2D eigenvalue weighted by Crippen LogP contribution is 2.29. The summed E-state index contributed by atoms with van der Waals surface area (Å²) in [6.07, 6.45) is -4.44. The normalized spacial score (nSPS) is 11.6. The Hall–Kier alpha value is -1.69. The van der Waals surface area contributed by atoms with Gasteiger partial charge in [-0.05, 0) is 18.6 Å². The van der Waals surface area contributed by atoms with Crippen molar-refractivity contribution in [2.24, 2.45) is 0 Å². The zero-order chi connectivity index (χ0) is 14.0. The van der Waals surface area contributed by atoms with E-state index >= 15 is 0 Å². The molecule has 0 spiro atoms. The second kappa shape index (κ2) is 5.13. The van der Waals surface area contributed by atoms with E-state index in [-0.39, 0.29) is 12.2 Å². The summed E-state index contributed by atoms with van der Waals surface area (Å²) in [4.78, 5) is 16.4. The van der Waals surface area contributed by atoms with Crippen LogP contribution >= 0.6 is 11.3 Å². The van der Waals surface area contributed by atoms with Crippen LogP contribution in [0.3, 0.4) is 0 Å². The van der Waals surface area contributed by atoms with Crippen molar-refractivity contribution in [2.75, 3.05) is 0 Å². The van der Waals surface area contributed by atoms with Crippen molar-refractivity contribution in [1.82, 2.24) is 4.98 Å². The Bertz CT molecular complexity index is 604. The molecule has 2 rings (SSSR count). The maximum Gasteiger partial charge on any atom is 0.416 e. The maximum absolute atomic E-state index is 12.5. The number of benzene rings is 1. The van der Waals surface area contributed by atoms with Crippen LogP contribution in [0.5, 0.6) is 0 Å². The van der Waals surface area contributed by atoms with Gasteiger partial charge in [-0.1, -0.05) is 18.2 Å². The molecule has 0 fully saturated rings. The number of ketones is 1. The number of rotatable bonds is 3. The number of thiazole rings is 1. The first-order valence-corrected chi connectivity index (χ1v) is 6.35. The average Bonchev–Trinajstić information content (AvgIpc) is 2.75. The molecule has 19 heavy (non-hydrogen) atoms. The minimum absolute atomic E-state index is 0.0487. The van der Waals surface area contributed by atoms with Crippen molar-refractivity contribution in [3.05, 3.63) is 51.5 Å². The zero-order valence-corrected chi connectivity index (χ0v) is 10.8. The summed E-state index contributed by atoms with van der Waals surface area (Å²) in [5, 5.41) is 0. The van der Waals surface area contributed by atoms with Crippen molar-refractivity contribution in [3.8, 4) is 0 Å². The quantitative estimate of drug-likeness (QED) is 0.801. The topological polar surface area (TPSA) is 30.0 Å². The molecule has 0 bridgehead atoms. The van der Waals surface area contributed by atoms with Crippen LogP contribution in [0, 0.1) is 6.92 Å². The van der Waals surface area contributed by atoms with Gasteiger partial charge in [0.05, 0.1) is 21.6 Å². The van der Waals surface area contributed by atoms with E-state index in [2.05, 4.69) is 4.98 Å². The monoisotopic (exact) mass is 285 g/mol. The van der Waals surface area contributed by atoms with Crippen LogP contribution in [0.15, 0.2) is 29.8 Å². The number of Topliss-reactive ketones (excluding diaryl/α,β-unsaturated/α-hetero) is 1. The van der Waals surface area contributed by atoms with Crippen LogP contribution in [0.1, 0.15) is 26.5 Å². The highest BCUT2D eigenvalue weighted by Gasteiger charge is 2.30. The van der Waals surface area contributed by atoms with Gasteiger partial charge in [-0.2, -0.15) is 13.2 Å². The van der Waals surface area contributed by atoms with Crippen molar-refractivity contribution in [3.63, 3.8) is 0 Å². The summed E-state index contributed by atoms with van der Waals surface area (Å²) < 4.78 is 37.6. The lowest BCUT2D eigenvalue weighted by Gasteiger charge is -2.08. The van der Waals surface area contributed by atoms with Crippen LogP contribution < -0.4 is 0 Å². The minimum atomic E-state index is -4.39. The number of aromatic nitrogens is 1. The molecule has 0 atom stereocenters. The maximum atomic E-state index is 12.5. The summed E-state index contributed by atoms with van der Waals surface area (Å²) in [7, 11) is 0. The van der Waals surface area contributed by atoms with Gasteiger partial charge in [-0.25, -0.2) is 4.98 Å². The van der Waals surface area contributed by atoms with Crippen LogP contribution in [-0.4, -0.2) is 10.8 Å². The molecule has 2 aromatic rings. The van der Waals surface area contributed by atoms with Crippen molar-refractivity contribution >= 4 is 17.1 Å². The number of nitrogens with zero attached hydrogens (tertiary/aromatic N) is 1. The molecule has 0 aliphatic carbocycles.